The number of nitrogens with zero attached hydrogens (tertiary/aromatic N) is 5. The molecule has 0 bridgehead atoms. The van der Waals surface area contributed by atoms with Gasteiger partial charge in [0.15, 0.2) is 0 Å². The Hall–Kier alpha value is -5.48. The predicted octanol–water partition coefficient (Wildman–Crippen LogP) is 8.69. The van der Waals surface area contributed by atoms with Gasteiger partial charge in [-0.05, 0) is 54.4 Å². The molecule has 10 nitrogen and oxygen atoms in total. The van der Waals surface area contributed by atoms with E-state index in [0.717, 1.165) is 39.8 Å². The Morgan fingerprint density at radius 2 is 1.74 bits per heavy atom. The first-order chi connectivity index (χ1) is 22.7. The number of urea groups is 1. The quantitative estimate of drug-likeness (QED) is 0.144. The predicted molar refractivity (Wildman–Crippen MR) is 187 cm³/mol. The minimum absolute atomic E-state index is 0.230. The molecule has 3 aromatic heterocycles. The van der Waals surface area contributed by atoms with Crippen molar-refractivity contribution >= 4 is 51.5 Å². The summed E-state index contributed by atoms with van der Waals surface area (Å²) in [6, 6.07) is 24.1. The van der Waals surface area contributed by atoms with Gasteiger partial charge in [0.2, 0.25) is 0 Å². The Morgan fingerprint density at radius 3 is 2.53 bits per heavy atom. The van der Waals surface area contributed by atoms with Crippen molar-refractivity contribution in [1.82, 2.24) is 24.7 Å². The molecule has 6 aromatic rings. The largest absolute Gasteiger partial charge is 0.488 e. The fourth-order valence-electron chi connectivity index (χ4n) is 4.98. The van der Waals surface area contributed by atoms with Crippen molar-refractivity contribution in [2.75, 3.05) is 16.0 Å². The number of aryl methyl sites for hydroxylation is 1. The lowest BCUT2D eigenvalue weighted by atomic mass is 9.92. The number of carbonyl (C=O) groups excluding carboxylic acids is 1. The maximum absolute atomic E-state index is 13.4. The number of ether oxygens (including phenoxy) is 1. The van der Waals surface area contributed by atoms with Gasteiger partial charge in [-0.15, -0.1) is 0 Å². The van der Waals surface area contributed by atoms with Crippen LogP contribution in [0.4, 0.5) is 27.9 Å². The first-order valence-electron chi connectivity index (χ1n) is 15.3. The third kappa shape index (κ3) is 7.50. The van der Waals surface area contributed by atoms with Crippen molar-refractivity contribution in [3.63, 3.8) is 0 Å². The molecule has 238 valence electrons. The van der Waals surface area contributed by atoms with Gasteiger partial charge in [0, 0.05) is 39.7 Å². The summed E-state index contributed by atoms with van der Waals surface area (Å²) in [7, 11) is 0. The van der Waals surface area contributed by atoms with Crippen LogP contribution in [0, 0.1) is 0 Å². The number of hydrogen-bond acceptors (Lipinski definition) is 7. The summed E-state index contributed by atoms with van der Waals surface area (Å²) in [6.07, 6.45) is 5.94. The first kappa shape index (κ1) is 31.5. The summed E-state index contributed by atoms with van der Waals surface area (Å²) in [5.74, 6) is 2.50. The van der Waals surface area contributed by atoms with Gasteiger partial charge in [0.05, 0.1) is 29.0 Å². The summed E-state index contributed by atoms with van der Waals surface area (Å²) in [4.78, 5) is 26.6. The smallest absolute Gasteiger partial charge is 0.324 e. The van der Waals surface area contributed by atoms with E-state index in [1.54, 1.807) is 35.4 Å². The van der Waals surface area contributed by atoms with E-state index < -0.39 is 6.03 Å². The first-order valence-corrected chi connectivity index (χ1v) is 15.7. The Balaban J connectivity index is 1.18. The maximum atomic E-state index is 13.4. The van der Waals surface area contributed by atoms with Crippen LogP contribution in [0.25, 0.3) is 16.5 Å². The lowest BCUT2D eigenvalue weighted by Crippen LogP contribution is -2.21. The van der Waals surface area contributed by atoms with E-state index in [-0.39, 0.29) is 5.41 Å². The summed E-state index contributed by atoms with van der Waals surface area (Å²) in [6.45, 7) is 8.57. The Bertz CT molecular complexity index is 2050. The minimum atomic E-state index is -0.404. The van der Waals surface area contributed by atoms with Gasteiger partial charge in [-0.3, -0.25) is 10.3 Å². The number of nitrogens with one attached hydrogen (secondary N) is 3. The van der Waals surface area contributed by atoms with Gasteiger partial charge in [0.25, 0.3) is 0 Å². The number of hydrogen-bond donors (Lipinski definition) is 3. The number of amides is 2. The molecule has 3 N–H and O–H groups in total. The average molecular weight is 647 g/mol. The van der Waals surface area contributed by atoms with Crippen LogP contribution in [0.2, 0.25) is 5.02 Å². The maximum Gasteiger partial charge on any atom is 0.324 e. The van der Waals surface area contributed by atoms with E-state index in [1.165, 1.54) is 0 Å². The molecule has 0 aliphatic carbocycles. The zero-order valence-corrected chi connectivity index (χ0v) is 27.3. The second-order valence-electron chi connectivity index (χ2n) is 12.0. The van der Waals surface area contributed by atoms with Crippen LogP contribution >= 0.6 is 11.6 Å². The highest BCUT2D eigenvalue weighted by atomic mass is 35.5. The fraction of sp³-hybridized carbons (Fsp3) is 0.194. The minimum Gasteiger partial charge on any atom is -0.488 e. The van der Waals surface area contributed by atoms with Crippen molar-refractivity contribution in [3.05, 3.63) is 119 Å². The zero-order chi connectivity index (χ0) is 33.0. The number of halogens is 1. The number of carbonyl (C=O) groups is 1. The van der Waals surface area contributed by atoms with Crippen LogP contribution in [-0.2, 0) is 18.4 Å². The summed E-state index contributed by atoms with van der Waals surface area (Å²) in [5, 5.41) is 16.3. The molecule has 2 amide bonds. The SMILES string of the molecule is CCc1cncc(Nc2cc(COc3ccc(NC(=O)Nc4cc(C(C)(C)C)nn4-c4cccc(Cl)c4)c4ccccc34)ccn2)n1. The van der Waals surface area contributed by atoms with E-state index in [2.05, 4.69) is 51.7 Å². The van der Waals surface area contributed by atoms with Gasteiger partial charge >= 0.3 is 6.03 Å². The lowest BCUT2D eigenvalue weighted by molar-refractivity contribution is 0.262. The third-order valence-corrected chi connectivity index (χ3v) is 7.66. The highest BCUT2D eigenvalue weighted by Crippen LogP contribution is 2.33. The highest BCUT2D eigenvalue weighted by Gasteiger charge is 2.22. The van der Waals surface area contributed by atoms with Crippen LogP contribution in [0.15, 0.2) is 97.5 Å². The van der Waals surface area contributed by atoms with Gasteiger partial charge < -0.3 is 15.4 Å². The highest BCUT2D eigenvalue weighted by molar-refractivity contribution is 6.30. The molecule has 0 radical (unpaired) electrons. The van der Waals surface area contributed by atoms with E-state index in [4.69, 9.17) is 21.4 Å². The Morgan fingerprint density at radius 1 is 0.915 bits per heavy atom. The molecule has 0 atom stereocenters. The Labute approximate surface area is 278 Å². The van der Waals surface area contributed by atoms with E-state index in [0.29, 0.717) is 40.5 Å². The van der Waals surface area contributed by atoms with Crippen LogP contribution in [-0.4, -0.2) is 30.8 Å². The van der Waals surface area contributed by atoms with Gasteiger partial charge in [-0.25, -0.2) is 19.4 Å². The van der Waals surface area contributed by atoms with Crippen molar-refractivity contribution in [2.45, 2.75) is 46.1 Å². The number of aromatic nitrogens is 5. The van der Waals surface area contributed by atoms with Gasteiger partial charge in [-0.2, -0.15) is 5.10 Å². The number of pyridine rings is 1. The topological polar surface area (TPSA) is 119 Å². The molecule has 0 saturated heterocycles. The summed E-state index contributed by atoms with van der Waals surface area (Å²) >= 11 is 6.27. The molecular weight excluding hydrogens is 612 g/mol. The van der Waals surface area contributed by atoms with Gasteiger partial charge in [0.1, 0.15) is 29.8 Å². The van der Waals surface area contributed by atoms with Crippen molar-refractivity contribution in [1.29, 1.82) is 0 Å². The van der Waals surface area contributed by atoms with Crippen LogP contribution < -0.4 is 20.7 Å². The molecule has 0 saturated carbocycles. The molecule has 0 fully saturated rings. The molecule has 0 aliphatic heterocycles. The van der Waals surface area contributed by atoms with Crippen molar-refractivity contribution in [3.8, 4) is 11.4 Å². The fourth-order valence-corrected chi connectivity index (χ4v) is 5.16. The molecule has 0 aliphatic rings. The lowest BCUT2D eigenvalue weighted by Gasteiger charge is -2.15. The molecule has 3 aromatic carbocycles. The van der Waals surface area contributed by atoms with E-state index in [9.17, 15) is 4.79 Å². The molecule has 11 heteroatoms. The Kier molecular flexibility index (Phi) is 9.03. The summed E-state index contributed by atoms with van der Waals surface area (Å²) < 4.78 is 7.97. The average Bonchev–Trinajstić information content (AvgIpc) is 3.49. The van der Waals surface area contributed by atoms with E-state index >= 15 is 0 Å². The number of rotatable bonds is 9. The third-order valence-electron chi connectivity index (χ3n) is 7.43. The zero-order valence-electron chi connectivity index (χ0n) is 26.6. The molecule has 3 heterocycles. The standard InChI is InChI=1S/C36H35ClN8O2/c1-5-25-20-38-21-33(40-25)42-32-17-23(15-16-39-32)22-47-30-14-13-29(27-11-6-7-12-28(27)30)41-35(46)43-34-19-31(36(2,3)4)44-45(34)26-10-8-9-24(37)18-26/h6-21H,5,22H2,1-4H3,(H,39,40,42)(H2,41,43,46). The van der Waals surface area contributed by atoms with Crippen molar-refractivity contribution in [2.24, 2.45) is 0 Å². The monoisotopic (exact) mass is 646 g/mol. The molecule has 47 heavy (non-hydrogen) atoms. The molecule has 0 spiro atoms. The normalized spacial score (nSPS) is 11.3. The van der Waals surface area contributed by atoms with Crippen LogP contribution in [0.1, 0.15) is 44.6 Å². The second-order valence-corrected chi connectivity index (χ2v) is 12.4. The molecular formula is C36H35ClN8O2. The number of benzene rings is 3. The van der Waals surface area contributed by atoms with Crippen LogP contribution in [0.5, 0.6) is 5.75 Å². The second kappa shape index (κ2) is 13.5. The molecule has 6 rings (SSSR count). The molecule has 0 unspecified atom stereocenters. The van der Waals surface area contributed by atoms with E-state index in [1.807, 2.05) is 73.7 Å². The van der Waals surface area contributed by atoms with Crippen LogP contribution in [0.3, 0.4) is 0 Å². The summed E-state index contributed by atoms with van der Waals surface area (Å²) in [5.41, 5.74) is 3.81. The van der Waals surface area contributed by atoms with Gasteiger partial charge in [-0.1, -0.05) is 69.6 Å². The van der Waals surface area contributed by atoms with Crippen molar-refractivity contribution < 1.29 is 9.53 Å². The number of anilines is 4. The number of fused-ring (bicyclic) bond motifs is 1.